The lowest BCUT2D eigenvalue weighted by Gasteiger charge is -2.37. The number of hydrogen-bond donors (Lipinski definition) is 2. The smallest absolute Gasteiger partial charge is 0.237 e. The van der Waals surface area contributed by atoms with Crippen molar-refractivity contribution in [2.75, 3.05) is 26.2 Å². The topological polar surface area (TPSA) is 44.4 Å². The number of nitrogens with one attached hydrogen (secondary N) is 2. The molecule has 17 heavy (non-hydrogen) atoms. The third kappa shape index (κ3) is 3.96. The van der Waals surface area contributed by atoms with Crippen LogP contribution in [0.25, 0.3) is 0 Å². The highest BCUT2D eigenvalue weighted by Gasteiger charge is 2.27. The molecule has 1 heterocycles. The summed E-state index contributed by atoms with van der Waals surface area (Å²) >= 11 is 0. The molecule has 0 saturated carbocycles. The average Bonchev–Trinajstić information content (AvgIpc) is 2.80. The van der Waals surface area contributed by atoms with Gasteiger partial charge in [0.2, 0.25) is 5.91 Å². The molecular formula is C13H27N3O. The van der Waals surface area contributed by atoms with Crippen LogP contribution in [0.4, 0.5) is 0 Å². The van der Waals surface area contributed by atoms with Crippen LogP contribution in [0.2, 0.25) is 0 Å². The van der Waals surface area contributed by atoms with E-state index in [1.54, 1.807) is 0 Å². The molecule has 1 aliphatic rings. The van der Waals surface area contributed by atoms with Crippen LogP contribution in [0.15, 0.2) is 0 Å². The molecule has 1 rings (SSSR count). The van der Waals surface area contributed by atoms with E-state index in [1.807, 2.05) is 0 Å². The van der Waals surface area contributed by atoms with Crippen LogP contribution in [-0.2, 0) is 4.79 Å². The van der Waals surface area contributed by atoms with Crippen molar-refractivity contribution >= 4 is 5.91 Å². The van der Waals surface area contributed by atoms with Gasteiger partial charge in [-0.05, 0) is 46.3 Å². The van der Waals surface area contributed by atoms with Crippen molar-refractivity contribution in [2.45, 2.75) is 52.1 Å². The normalized spacial score (nSPS) is 20.9. The van der Waals surface area contributed by atoms with E-state index in [4.69, 9.17) is 0 Å². The predicted octanol–water partition coefficient (Wildman–Crippen LogP) is 0.975. The van der Waals surface area contributed by atoms with Gasteiger partial charge in [0.05, 0.1) is 6.04 Å². The summed E-state index contributed by atoms with van der Waals surface area (Å²) in [7, 11) is 0. The molecule has 0 aromatic rings. The van der Waals surface area contributed by atoms with E-state index in [0.717, 1.165) is 32.5 Å². The molecule has 1 saturated heterocycles. The third-order valence-electron chi connectivity index (χ3n) is 3.69. The van der Waals surface area contributed by atoms with Gasteiger partial charge in [-0.3, -0.25) is 9.69 Å². The summed E-state index contributed by atoms with van der Waals surface area (Å²) in [5.41, 5.74) is 0.0256. The van der Waals surface area contributed by atoms with Crippen LogP contribution in [0, 0.1) is 0 Å². The van der Waals surface area contributed by atoms with Gasteiger partial charge in [-0.25, -0.2) is 0 Å². The zero-order chi connectivity index (χ0) is 12.9. The molecular weight excluding hydrogens is 214 g/mol. The second kappa shape index (κ2) is 6.36. The molecule has 100 valence electrons. The van der Waals surface area contributed by atoms with Gasteiger partial charge in [-0.15, -0.1) is 0 Å². The fraction of sp³-hybridized carbons (Fsp3) is 0.923. The second-order valence-corrected chi connectivity index (χ2v) is 5.35. The number of hydrogen-bond acceptors (Lipinski definition) is 3. The van der Waals surface area contributed by atoms with Crippen molar-refractivity contribution in [2.24, 2.45) is 0 Å². The Morgan fingerprint density at radius 3 is 2.53 bits per heavy atom. The Hall–Kier alpha value is -0.610. The number of nitrogens with zero attached hydrogens (tertiary/aromatic N) is 1. The van der Waals surface area contributed by atoms with Crippen LogP contribution in [0.3, 0.4) is 0 Å². The van der Waals surface area contributed by atoms with Crippen molar-refractivity contribution in [1.82, 2.24) is 15.5 Å². The summed E-state index contributed by atoms with van der Waals surface area (Å²) < 4.78 is 0. The van der Waals surface area contributed by atoms with Gasteiger partial charge in [0.25, 0.3) is 0 Å². The van der Waals surface area contributed by atoms with E-state index in [9.17, 15) is 4.79 Å². The molecule has 0 radical (unpaired) electrons. The fourth-order valence-electron chi connectivity index (χ4n) is 2.53. The Kier molecular flexibility index (Phi) is 5.40. The molecule has 1 fully saturated rings. The Balaban J connectivity index is 2.39. The monoisotopic (exact) mass is 241 g/mol. The lowest BCUT2D eigenvalue weighted by Crippen LogP contribution is -2.53. The summed E-state index contributed by atoms with van der Waals surface area (Å²) in [5, 5.41) is 6.30. The Morgan fingerprint density at radius 1 is 1.41 bits per heavy atom. The van der Waals surface area contributed by atoms with Crippen LogP contribution < -0.4 is 10.6 Å². The number of carbonyl (C=O) groups excluding carboxylic acids is 1. The minimum absolute atomic E-state index is 0.0256. The maximum atomic E-state index is 11.9. The standard InChI is InChI=1S/C13H27N3O/c1-5-16(6-2)13(3,4)10-15-12(17)11-8-7-9-14-11/h11,14H,5-10H2,1-4H3,(H,15,17)/t11-/m0/s1. The molecule has 0 aromatic heterocycles. The molecule has 1 amide bonds. The summed E-state index contributed by atoms with van der Waals surface area (Å²) in [4.78, 5) is 14.3. The first-order valence-electron chi connectivity index (χ1n) is 6.77. The third-order valence-corrected chi connectivity index (χ3v) is 3.69. The number of rotatable bonds is 6. The molecule has 0 bridgehead atoms. The Bertz CT molecular complexity index is 243. The summed E-state index contributed by atoms with van der Waals surface area (Å²) in [6.07, 6.45) is 2.08. The number of carbonyl (C=O) groups is 1. The van der Waals surface area contributed by atoms with Crippen LogP contribution in [0.1, 0.15) is 40.5 Å². The van der Waals surface area contributed by atoms with Crippen molar-refractivity contribution in [3.8, 4) is 0 Å². The molecule has 4 heteroatoms. The molecule has 1 atom stereocenters. The quantitative estimate of drug-likeness (QED) is 0.728. The minimum Gasteiger partial charge on any atom is -0.353 e. The maximum absolute atomic E-state index is 11.9. The summed E-state index contributed by atoms with van der Waals surface area (Å²) in [6.45, 7) is 12.4. The zero-order valence-corrected chi connectivity index (χ0v) is 11.7. The first-order chi connectivity index (χ1) is 8.01. The lowest BCUT2D eigenvalue weighted by molar-refractivity contribution is -0.123. The largest absolute Gasteiger partial charge is 0.353 e. The molecule has 2 N–H and O–H groups in total. The maximum Gasteiger partial charge on any atom is 0.237 e. The Labute approximate surface area is 105 Å². The van der Waals surface area contributed by atoms with Crippen molar-refractivity contribution in [3.63, 3.8) is 0 Å². The van der Waals surface area contributed by atoms with Gasteiger partial charge in [0.15, 0.2) is 0 Å². The molecule has 4 nitrogen and oxygen atoms in total. The van der Waals surface area contributed by atoms with Crippen molar-refractivity contribution in [3.05, 3.63) is 0 Å². The minimum atomic E-state index is 0.0256. The van der Waals surface area contributed by atoms with Crippen LogP contribution in [-0.4, -0.2) is 48.6 Å². The molecule has 0 aliphatic carbocycles. The van der Waals surface area contributed by atoms with Gasteiger partial charge in [0.1, 0.15) is 0 Å². The average molecular weight is 241 g/mol. The molecule has 0 unspecified atom stereocenters. The number of amides is 1. The van der Waals surface area contributed by atoms with E-state index in [-0.39, 0.29) is 17.5 Å². The molecule has 1 aliphatic heterocycles. The fourth-order valence-corrected chi connectivity index (χ4v) is 2.53. The van der Waals surface area contributed by atoms with Crippen LogP contribution in [0.5, 0.6) is 0 Å². The van der Waals surface area contributed by atoms with Gasteiger partial charge < -0.3 is 10.6 Å². The predicted molar refractivity (Wildman–Crippen MR) is 71.0 cm³/mol. The lowest BCUT2D eigenvalue weighted by atomic mass is 10.0. The number of likely N-dealkylation sites (N-methyl/N-ethyl adjacent to an activating group) is 1. The van der Waals surface area contributed by atoms with Crippen molar-refractivity contribution < 1.29 is 4.79 Å². The van der Waals surface area contributed by atoms with E-state index in [0.29, 0.717) is 6.54 Å². The summed E-state index contributed by atoms with van der Waals surface area (Å²) in [6, 6.07) is 0.0301. The van der Waals surface area contributed by atoms with Gasteiger partial charge in [0, 0.05) is 12.1 Å². The van der Waals surface area contributed by atoms with E-state index in [1.165, 1.54) is 0 Å². The zero-order valence-electron chi connectivity index (χ0n) is 11.7. The highest BCUT2D eigenvalue weighted by molar-refractivity contribution is 5.82. The van der Waals surface area contributed by atoms with Gasteiger partial charge in [-0.1, -0.05) is 13.8 Å². The van der Waals surface area contributed by atoms with Crippen molar-refractivity contribution in [1.29, 1.82) is 0 Å². The van der Waals surface area contributed by atoms with Gasteiger partial charge in [-0.2, -0.15) is 0 Å². The first-order valence-corrected chi connectivity index (χ1v) is 6.77. The molecule has 0 spiro atoms. The van der Waals surface area contributed by atoms with E-state index in [2.05, 4.69) is 43.2 Å². The summed E-state index contributed by atoms with van der Waals surface area (Å²) in [5.74, 6) is 0.155. The van der Waals surface area contributed by atoms with Crippen LogP contribution >= 0.6 is 0 Å². The molecule has 0 aromatic carbocycles. The van der Waals surface area contributed by atoms with Gasteiger partial charge >= 0.3 is 0 Å². The van der Waals surface area contributed by atoms with E-state index < -0.39 is 0 Å². The Morgan fingerprint density at radius 2 is 2.06 bits per heavy atom. The first kappa shape index (κ1) is 14.5. The second-order valence-electron chi connectivity index (χ2n) is 5.35. The highest BCUT2D eigenvalue weighted by atomic mass is 16.2. The SMILES string of the molecule is CCN(CC)C(C)(C)CNC(=O)[C@@H]1CCCN1. The van der Waals surface area contributed by atoms with E-state index >= 15 is 0 Å². The highest BCUT2D eigenvalue weighted by Crippen LogP contribution is 2.13.